The molecule has 0 aromatic rings. The van der Waals surface area contributed by atoms with Crippen LogP contribution in [0.3, 0.4) is 0 Å². The number of hydrogen-bond donors (Lipinski definition) is 1. The Morgan fingerprint density at radius 3 is 2.58 bits per heavy atom. The van der Waals surface area contributed by atoms with Crippen molar-refractivity contribution >= 4 is 10.8 Å². The maximum absolute atomic E-state index is 11.2. The third-order valence-corrected chi connectivity index (χ3v) is 3.54. The molecule has 0 spiro atoms. The molecule has 3 heteroatoms. The lowest BCUT2D eigenvalue weighted by Gasteiger charge is -2.08. The molecular formula is C9H21NOS. The summed E-state index contributed by atoms with van der Waals surface area (Å²) < 4.78 is 11.2. The van der Waals surface area contributed by atoms with Gasteiger partial charge in [0.05, 0.1) is 0 Å². The van der Waals surface area contributed by atoms with E-state index >= 15 is 0 Å². The van der Waals surface area contributed by atoms with Crippen molar-refractivity contribution in [3.63, 3.8) is 0 Å². The molecule has 74 valence electrons. The van der Waals surface area contributed by atoms with Gasteiger partial charge in [-0.2, -0.15) is 0 Å². The van der Waals surface area contributed by atoms with E-state index in [9.17, 15) is 4.21 Å². The van der Waals surface area contributed by atoms with Gasteiger partial charge in [-0.15, -0.1) is 0 Å². The monoisotopic (exact) mass is 191 g/mol. The van der Waals surface area contributed by atoms with Crippen LogP contribution in [0.15, 0.2) is 0 Å². The molecule has 2 atom stereocenters. The molecule has 0 saturated heterocycles. The molecule has 12 heavy (non-hydrogen) atoms. The zero-order valence-corrected chi connectivity index (χ0v) is 9.25. The molecule has 0 aliphatic heterocycles. The summed E-state index contributed by atoms with van der Waals surface area (Å²) in [6.45, 7) is 4.23. The molecule has 2 unspecified atom stereocenters. The van der Waals surface area contributed by atoms with Gasteiger partial charge in [0.15, 0.2) is 0 Å². The largest absolute Gasteiger partial charge is 0.317 e. The van der Waals surface area contributed by atoms with Crippen molar-refractivity contribution < 1.29 is 4.21 Å². The van der Waals surface area contributed by atoms with Crippen molar-refractivity contribution in [3.05, 3.63) is 0 Å². The van der Waals surface area contributed by atoms with Gasteiger partial charge in [0.1, 0.15) is 0 Å². The molecule has 1 N–H and O–H groups in total. The van der Waals surface area contributed by atoms with Crippen molar-refractivity contribution in [2.45, 2.75) is 39.2 Å². The zero-order chi connectivity index (χ0) is 9.40. The second-order valence-corrected chi connectivity index (χ2v) is 4.88. The Morgan fingerprint density at radius 1 is 1.42 bits per heavy atom. The first-order valence-corrected chi connectivity index (χ1v) is 6.21. The van der Waals surface area contributed by atoms with Crippen LogP contribution in [0.5, 0.6) is 0 Å². The van der Waals surface area contributed by atoms with Crippen LogP contribution in [-0.4, -0.2) is 28.8 Å². The predicted octanol–water partition coefficient (Wildman–Crippen LogP) is 1.53. The highest BCUT2D eigenvalue weighted by Gasteiger charge is 2.00. The summed E-state index contributed by atoms with van der Waals surface area (Å²) in [6.07, 6.45) is 3.24. The third-order valence-electron chi connectivity index (χ3n) is 1.93. The molecule has 0 aromatic carbocycles. The Balaban J connectivity index is 3.24. The Kier molecular flexibility index (Phi) is 7.81. The summed E-state index contributed by atoms with van der Waals surface area (Å²) in [7, 11) is 1.40. The summed E-state index contributed by atoms with van der Waals surface area (Å²) in [4.78, 5) is 0. The molecule has 0 aliphatic carbocycles. The van der Waals surface area contributed by atoms with E-state index in [2.05, 4.69) is 19.2 Å². The average Bonchev–Trinajstić information content (AvgIpc) is 2.04. The molecule has 0 radical (unpaired) electrons. The van der Waals surface area contributed by atoms with Gasteiger partial charge in [-0.05, 0) is 33.2 Å². The van der Waals surface area contributed by atoms with Gasteiger partial charge in [0, 0.05) is 28.3 Å². The first-order valence-electron chi connectivity index (χ1n) is 4.73. The van der Waals surface area contributed by atoms with E-state index in [4.69, 9.17) is 0 Å². The smallest absolute Gasteiger partial charge is 0.0235 e. The fourth-order valence-electron chi connectivity index (χ4n) is 1.02. The van der Waals surface area contributed by atoms with E-state index in [-0.39, 0.29) is 0 Å². The lowest BCUT2D eigenvalue weighted by Crippen LogP contribution is -2.21. The van der Waals surface area contributed by atoms with E-state index in [1.54, 1.807) is 0 Å². The normalized spacial score (nSPS) is 15.9. The van der Waals surface area contributed by atoms with Crippen LogP contribution in [0, 0.1) is 0 Å². The predicted molar refractivity (Wildman–Crippen MR) is 55.9 cm³/mol. The average molecular weight is 191 g/mol. The standard InChI is InChI=1S/C9H21NOS/c1-4-7-12(11)8-5-6-9(2)10-3/h9-10H,4-8H2,1-3H3. The summed E-state index contributed by atoms with van der Waals surface area (Å²) in [6, 6.07) is 0.559. The van der Waals surface area contributed by atoms with Gasteiger partial charge in [-0.1, -0.05) is 6.92 Å². The summed E-state index contributed by atoms with van der Waals surface area (Å²) in [5.41, 5.74) is 0. The number of rotatable bonds is 7. The Hall–Kier alpha value is 0.110. The highest BCUT2D eigenvalue weighted by Crippen LogP contribution is 1.98. The molecule has 0 rings (SSSR count). The van der Waals surface area contributed by atoms with E-state index < -0.39 is 10.8 Å². The van der Waals surface area contributed by atoms with E-state index in [1.165, 1.54) is 0 Å². The fraction of sp³-hybridized carbons (Fsp3) is 1.00. The third kappa shape index (κ3) is 6.80. The Labute approximate surface area is 78.6 Å². The van der Waals surface area contributed by atoms with Crippen LogP contribution < -0.4 is 5.32 Å². The molecule has 0 aliphatic rings. The minimum Gasteiger partial charge on any atom is -0.317 e. The van der Waals surface area contributed by atoms with Crippen LogP contribution in [0.2, 0.25) is 0 Å². The van der Waals surface area contributed by atoms with Crippen molar-refractivity contribution in [1.29, 1.82) is 0 Å². The van der Waals surface area contributed by atoms with Crippen LogP contribution in [0.25, 0.3) is 0 Å². The molecule has 0 aromatic heterocycles. The van der Waals surface area contributed by atoms with Gasteiger partial charge in [-0.25, -0.2) is 0 Å². The summed E-state index contributed by atoms with van der Waals surface area (Å²) >= 11 is 0. The minimum absolute atomic E-state index is 0.559. The van der Waals surface area contributed by atoms with Crippen LogP contribution in [0.1, 0.15) is 33.1 Å². The van der Waals surface area contributed by atoms with Gasteiger partial charge in [0.25, 0.3) is 0 Å². The molecule has 0 bridgehead atoms. The lowest BCUT2D eigenvalue weighted by molar-refractivity contribution is 0.557. The lowest BCUT2D eigenvalue weighted by atomic mass is 10.2. The quantitative estimate of drug-likeness (QED) is 0.661. The molecule has 0 saturated carbocycles. The van der Waals surface area contributed by atoms with Gasteiger partial charge in [0.2, 0.25) is 0 Å². The first kappa shape index (κ1) is 12.1. The van der Waals surface area contributed by atoms with Crippen molar-refractivity contribution in [2.24, 2.45) is 0 Å². The topological polar surface area (TPSA) is 29.1 Å². The fourth-order valence-corrected chi connectivity index (χ4v) is 2.17. The van der Waals surface area contributed by atoms with Gasteiger partial charge >= 0.3 is 0 Å². The molecular weight excluding hydrogens is 170 g/mol. The highest BCUT2D eigenvalue weighted by atomic mass is 32.2. The Morgan fingerprint density at radius 2 is 2.08 bits per heavy atom. The number of nitrogens with one attached hydrogen (secondary N) is 1. The van der Waals surface area contributed by atoms with Crippen molar-refractivity contribution in [3.8, 4) is 0 Å². The SMILES string of the molecule is CCCS(=O)CCCC(C)NC. The van der Waals surface area contributed by atoms with Crippen molar-refractivity contribution in [1.82, 2.24) is 5.32 Å². The van der Waals surface area contributed by atoms with Gasteiger partial charge < -0.3 is 5.32 Å². The second kappa shape index (κ2) is 7.74. The van der Waals surface area contributed by atoms with Gasteiger partial charge in [-0.3, -0.25) is 4.21 Å². The summed E-state index contributed by atoms with van der Waals surface area (Å²) in [5.74, 6) is 1.74. The maximum Gasteiger partial charge on any atom is 0.0235 e. The highest BCUT2D eigenvalue weighted by molar-refractivity contribution is 7.84. The first-order chi connectivity index (χ1) is 5.70. The van der Waals surface area contributed by atoms with E-state index in [0.717, 1.165) is 30.8 Å². The van der Waals surface area contributed by atoms with Crippen LogP contribution >= 0.6 is 0 Å². The number of hydrogen-bond acceptors (Lipinski definition) is 2. The van der Waals surface area contributed by atoms with E-state index in [1.807, 2.05) is 7.05 Å². The molecule has 0 amide bonds. The second-order valence-electron chi connectivity index (χ2n) is 3.18. The molecule has 0 heterocycles. The summed E-state index contributed by atoms with van der Waals surface area (Å²) in [5, 5.41) is 3.17. The Bertz CT molecular complexity index is 128. The van der Waals surface area contributed by atoms with Crippen LogP contribution in [0.4, 0.5) is 0 Å². The van der Waals surface area contributed by atoms with Crippen LogP contribution in [-0.2, 0) is 10.8 Å². The molecule has 2 nitrogen and oxygen atoms in total. The molecule has 0 fully saturated rings. The van der Waals surface area contributed by atoms with E-state index in [0.29, 0.717) is 6.04 Å². The van der Waals surface area contributed by atoms with Crippen molar-refractivity contribution in [2.75, 3.05) is 18.6 Å². The zero-order valence-electron chi connectivity index (χ0n) is 8.43. The maximum atomic E-state index is 11.2. The minimum atomic E-state index is -0.566.